The molecule has 2 rings (SSSR count). The molecule has 1 aromatic carbocycles. The number of carbonyl (C=O) groups is 1. The van der Waals surface area contributed by atoms with Crippen LogP contribution >= 0.6 is 0 Å². The van der Waals surface area contributed by atoms with E-state index >= 15 is 0 Å². The number of piperidine rings is 1. The average molecular weight is 246 g/mol. The number of nitrogens with one attached hydrogen (secondary N) is 1. The van der Waals surface area contributed by atoms with E-state index in [1.54, 1.807) is 6.92 Å². The minimum Gasteiger partial charge on any atom is -0.388 e. The highest BCUT2D eigenvalue weighted by atomic mass is 16.1. The molecular weight excluding hydrogens is 224 g/mol. The second-order valence-corrected chi connectivity index (χ2v) is 5.13. The Morgan fingerprint density at radius 2 is 1.89 bits per heavy atom. The molecule has 0 amide bonds. The number of rotatable bonds is 4. The van der Waals surface area contributed by atoms with Gasteiger partial charge in [0.2, 0.25) is 0 Å². The minimum atomic E-state index is 0.326. The number of hydrogen-bond donors (Lipinski definition) is 1. The molecule has 98 valence electrons. The van der Waals surface area contributed by atoms with Crippen molar-refractivity contribution in [1.29, 1.82) is 0 Å². The lowest BCUT2D eigenvalue weighted by molar-refractivity contribution is -0.118. The van der Waals surface area contributed by atoms with Crippen LogP contribution in [0.25, 0.3) is 0 Å². The van der Waals surface area contributed by atoms with E-state index in [0.29, 0.717) is 11.7 Å². The van der Waals surface area contributed by atoms with Gasteiger partial charge in [-0.25, -0.2) is 0 Å². The van der Waals surface area contributed by atoms with Gasteiger partial charge in [0.15, 0.2) is 0 Å². The van der Waals surface area contributed by atoms with Crippen molar-refractivity contribution in [3.8, 4) is 0 Å². The maximum Gasteiger partial charge on any atom is 0.130 e. The van der Waals surface area contributed by atoms with Crippen LogP contribution in [0.5, 0.6) is 0 Å². The topological polar surface area (TPSA) is 32.3 Å². The molecule has 3 heteroatoms. The molecule has 0 spiro atoms. The maximum atomic E-state index is 11.1. The summed E-state index contributed by atoms with van der Waals surface area (Å²) >= 11 is 0. The Hall–Kier alpha value is -1.51. The van der Waals surface area contributed by atoms with Crippen molar-refractivity contribution >= 4 is 17.2 Å². The van der Waals surface area contributed by atoms with Gasteiger partial charge in [0.1, 0.15) is 5.78 Å². The molecule has 0 bridgehead atoms. The van der Waals surface area contributed by atoms with Crippen molar-refractivity contribution in [2.24, 2.45) is 5.92 Å². The van der Waals surface area contributed by atoms with Gasteiger partial charge < -0.3 is 15.0 Å². The molecule has 0 radical (unpaired) electrons. The van der Waals surface area contributed by atoms with Crippen molar-refractivity contribution in [3.63, 3.8) is 0 Å². The Morgan fingerprint density at radius 1 is 1.28 bits per heavy atom. The molecule has 1 N–H and O–H groups in total. The first-order chi connectivity index (χ1) is 8.69. The maximum absolute atomic E-state index is 11.1. The largest absolute Gasteiger partial charge is 0.388 e. The summed E-state index contributed by atoms with van der Waals surface area (Å²) in [4.78, 5) is 13.5. The van der Waals surface area contributed by atoms with Gasteiger partial charge in [-0.05, 0) is 49.9 Å². The molecule has 1 heterocycles. The fraction of sp³-hybridized carbons (Fsp3) is 0.533. The van der Waals surface area contributed by atoms with E-state index in [9.17, 15) is 4.79 Å². The van der Waals surface area contributed by atoms with Crippen molar-refractivity contribution < 1.29 is 4.79 Å². The van der Waals surface area contributed by atoms with E-state index in [1.807, 2.05) is 7.05 Å². The Kier molecular flexibility index (Phi) is 4.24. The van der Waals surface area contributed by atoms with Crippen LogP contribution in [0.4, 0.5) is 11.4 Å². The first kappa shape index (κ1) is 12.9. The zero-order valence-electron chi connectivity index (χ0n) is 11.3. The first-order valence-corrected chi connectivity index (χ1v) is 6.71. The lowest BCUT2D eigenvalue weighted by Crippen LogP contribution is -2.34. The second kappa shape index (κ2) is 5.89. The SMILES string of the molecule is CNc1ccc(N2CCC(CC(C)=O)CC2)cc1. The number of ketones is 1. The molecular formula is C15H22N2O. The van der Waals surface area contributed by atoms with Gasteiger partial charge in [0.25, 0.3) is 0 Å². The third kappa shape index (κ3) is 3.25. The van der Waals surface area contributed by atoms with Crippen LogP contribution in [0.1, 0.15) is 26.2 Å². The molecule has 1 aromatic rings. The Balaban J connectivity index is 1.90. The van der Waals surface area contributed by atoms with Crippen molar-refractivity contribution in [2.45, 2.75) is 26.2 Å². The summed E-state index contributed by atoms with van der Waals surface area (Å²) in [5.41, 5.74) is 2.43. The molecule has 3 nitrogen and oxygen atoms in total. The molecule has 1 aliphatic rings. The molecule has 0 unspecified atom stereocenters. The molecule has 1 saturated heterocycles. The number of nitrogens with zero attached hydrogens (tertiary/aromatic N) is 1. The van der Waals surface area contributed by atoms with E-state index in [2.05, 4.69) is 34.5 Å². The molecule has 0 aliphatic carbocycles. The zero-order valence-corrected chi connectivity index (χ0v) is 11.3. The number of anilines is 2. The zero-order chi connectivity index (χ0) is 13.0. The summed E-state index contributed by atoms with van der Waals surface area (Å²) in [7, 11) is 1.93. The molecule has 1 fully saturated rings. The highest BCUT2D eigenvalue weighted by Crippen LogP contribution is 2.26. The predicted octanol–water partition coefficient (Wildman–Crippen LogP) is 2.92. The van der Waals surface area contributed by atoms with Crippen LogP contribution in [0.2, 0.25) is 0 Å². The van der Waals surface area contributed by atoms with Crippen LogP contribution < -0.4 is 10.2 Å². The number of hydrogen-bond acceptors (Lipinski definition) is 3. The highest BCUT2D eigenvalue weighted by Gasteiger charge is 2.20. The molecule has 1 aliphatic heterocycles. The molecule has 0 aromatic heterocycles. The van der Waals surface area contributed by atoms with Gasteiger partial charge >= 0.3 is 0 Å². The Bertz CT molecular complexity index is 391. The quantitative estimate of drug-likeness (QED) is 0.886. The van der Waals surface area contributed by atoms with Gasteiger partial charge in [-0.15, -0.1) is 0 Å². The van der Waals surface area contributed by atoms with E-state index in [1.165, 1.54) is 5.69 Å². The molecule has 0 atom stereocenters. The van der Waals surface area contributed by atoms with E-state index in [0.717, 1.165) is 38.0 Å². The standard InChI is InChI=1S/C15H22N2O/c1-12(18)11-13-7-9-17(10-8-13)15-5-3-14(16-2)4-6-15/h3-6,13,16H,7-11H2,1-2H3. The van der Waals surface area contributed by atoms with E-state index < -0.39 is 0 Å². The van der Waals surface area contributed by atoms with Crippen LogP contribution in [-0.4, -0.2) is 25.9 Å². The first-order valence-electron chi connectivity index (χ1n) is 6.71. The summed E-state index contributed by atoms with van der Waals surface area (Å²) in [5.74, 6) is 0.919. The van der Waals surface area contributed by atoms with Crippen molar-refractivity contribution in [2.75, 3.05) is 30.4 Å². The van der Waals surface area contributed by atoms with E-state index in [4.69, 9.17) is 0 Å². The lowest BCUT2D eigenvalue weighted by Gasteiger charge is -2.33. The van der Waals surface area contributed by atoms with Gasteiger partial charge in [-0.3, -0.25) is 0 Å². The van der Waals surface area contributed by atoms with Crippen molar-refractivity contribution in [3.05, 3.63) is 24.3 Å². The Labute approximate surface area is 109 Å². The van der Waals surface area contributed by atoms with Crippen LogP contribution in [0, 0.1) is 5.92 Å². The molecule has 0 saturated carbocycles. The van der Waals surface area contributed by atoms with Crippen molar-refractivity contribution in [1.82, 2.24) is 0 Å². The highest BCUT2D eigenvalue weighted by molar-refractivity contribution is 5.75. The smallest absolute Gasteiger partial charge is 0.130 e. The number of benzene rings is 1. The summed E-state index contributed by atoms with van der Waals surface area (Å²) < 4.78 is 0. The monoisotopic (exact) mass is 246 g/mol. The number of carbonyl (C=O) groups excluding carboxylic acids is 1. The fourth-order valence-electron chi connectivity index (χ4n) is 2.64. The van der Waals surface area contributed by atoms with Crippen LogP contribution in [-0.2, 0) is 4.79 Å². The van der Waals surface area contributed by atoms with Crippen LogP contribution in [0.3, 0.4) is 0 Å². The lowest BCUT2D eigenvalue weighted by atomic mass is 9.92. The normalized spacial score (nSPS) is 16.7. The van der Waals surface area contributed by atoms with Gasteiger partial charge in [0.05, 0.1) is 0 Å². The fourth-order valence-corrected chi connectivity index (χ4v) is 2.64. The summed E-state index contributed by atoms with van der Waals surface area (Å²) in [5, 5.41) is 3.13. The third-order valence-corrected chi connectivity index (χ3v) is 3.71. The summed E-state index contributed by atoms with van der Waals surface area (Å²) in [6.45, 7) is 3.83. The van der Waals surface area contributed by atoms with Crippen LogP contribution in [0.15, 0.2) is 24.3 Å². The predicted molar refractivity (Wildman–Crippen MR) is 76.2 cm³/mol. The minimum absolute atomic E-state index is 0.326. The van der Waals surface area contributed by atoms with E-state index in [-0.39, 0.29) is 0 Å². The van der Waals surface area contributed by atoms with Gasteiger partial charge in [0, 0.05) is 37.9 Å². The molecule has 18 heavy (non-hydrogen) atoms. The average Bonchev–Trinajstić information content (AvgIpc) is 2.39. The third-order valence-electron chi connectivity index (χ3n) is 3.71. The second-order valence-electron chi connectivity index (χ2n) is 5.13. The van der Waals surface area contributed by atoms with Gasteiger partial charge in [-0.1, -0.05) is 0 Å². The Morgan fingerprint density at radius 3 is 2.39 bits per heavy atom. The number of Topliss-reactive ketones (excluding diaryl/α,β-unsaturated/α-hetero) is 1. The summed E-state index contributed by atoms with van der Waals surface area (Å²) in [6, 6.07) is 8.54. The van der Waals surface area contributed by atoms with Gasteiger partial charge in [-0.2, -0.15) is 0 Å². The summed E-state index contributed by atoms with van der Waals surface area (Å²) in [6.07, 6.45) is 3.02.